The number of hydrogen-bond donors (Lipinski definition) is 0. The van der Waals surface area contributed by atoms with Gasteiger partial charge in [0.25, 0.3) is 0 Å². The largest absolute Gasteiger partial charge is 1.00 e. The summed E-state index contributed by atoms with van der Waals surface area (Å²) in [5.41, 5.74) is 10.1. The molecule has 4 aliphatic carbocycles. The molecule has 2 fully saturated rings. The molecule has 0 radical (unpaired) electrons. The summed E-state index contributed by atoms with van der Waals surface area (Å²) in [6.07, 6.45) is 20.2. The molecule has 0 aromatic heterocycles. The third kappa shape index (κ3) is 5.65. The van der Waals surface area contributed by atoms with Crippen molar-refractivity contribution in [1.29, 1.82) is 0 Å². The summed E-state index contributed by atoms with van der Waals surface area (Å²) >= 11 is -0.751. The predicted molar refractivity (Wildman–Crippen MR) is 141 cm³/mol. The van der Waals surface area contributed by atoms with Crippen molar-refractivity contribution in [3.63, 3.8) is 0 Å². The number of fused-ring (bicyclic) bond motifs is 2. The summed E-state index contributed by atoms with van der Waals surface area (Å²) in [7, 11) is -0.00140. The van der Waals surface area contributed by atoms with Gasteiger partial charge in [0.2, 0.25) is 0 Å². The summed E-state index contributed by atoms with van der Waals surface area (Å²) in [6.45, 7) is 2.42. The first kappa shape index (κ1) is 27.8. The van der Waals surface area contributed by atoms with Crippen LogP contribution >= 0.6 is 7.92 Å². The van der Waals surface area contributed by atoms with Gasteiger partial charge in [-0.25, -0.2) is 0 Å². The Labute approximate surface area is 238 Å². The summed E-state index contributed by atoms with van der Waals surface area (Å²) in [4.78, 5) is 0. The van der Waals surface area contributed by atoms with E-state index in [-0.39, 0.29) is 32.7 Å². The van der Waals surface area contributed by atoms with E-state index in [0.29, 0.717) is 0 Å². The van der Waals surface area contributed by atoms with Gasteiger partial charge in [-0.2, -0.15) is 0 Å². The van der Waals surface area contributed by atoms with E-state index in [1.54, 1.807) is 22.3 Å². The van der Waals surface area contributed by atoms with E-state index < -0.39 is 23.2 Å². The Morgan fingerprint density at radius 3 is 1.69 bits per heavy atom. The molecule has 184 valence electrons. The Bertz CT molecular complexity index is 1050. The van der Waals surface area contributed by atoms with Crippen LogP contribution < -0.4 is 24.8 Å². The predicted octanol–water partition coefficient (Wildman–Crippen LogP) is 3.48. The van der Waals surface area contributed by atoms with Crippen molar-refractivity contribution >= 4 is 20.1 Å². The Hall–Kier alpha value is -0.187. The fourth-order valence-electron chi connectivity index (χ4n) is 7.01. The molecule has 6 rings (SSSR count). The molecule has 0 bridgehead atoms. The zero-order valence-electron chi connectivity index (χ0n) is 20.9. The molecular formula is C31H37Cl2PZr. The first-order chi connectivity index (χ1) is 16.3. The number of halogens is 2. The molecule has 2 unspecified atom stereocenters. The standard InChI is InChI=1S/C21H28P.C10H9.2ClH.Zr/c1-3-11-19(12-4-1)22(20-13-5-2-6-14-20)21-15-17-9-7-8-10-18(17)16-21;1-8-6-9-4-2-3-5-10(9)7-8;;;/h7-10,15-16,19-20H,1-6,11-14H2;2-7H,1H3;2*1H;/q;;;;+2/p-2. The van der Waals surface area contributed by atoms with Gasteiger partial charge in [0.05, 0.1) is 0 Å². The van der Waals surface area contributed by atoms with E-state index in [2.05, 4.69) is 67.6 Å². The number of benzene rings is 2. The molecule has 4 aliphatic rings. The Morgan fingerprint density at radius 1 is 0.629 bits per heavy atom. The van der Waals surface area contributed by atoms with Gasteiger partial charge in [0.1, 0.15) is 0 Å². The molecule has 4 heteroatoms. The van der Waals surface area contributed by atoms with Crippen molar-refractivity contribution < 1.29 is 48.0 Å². The van der Waals surface area contributed by atoms with Crippen LogP contribution in [-0.2, 0) is 23.2 Å². The van der Waals surface area contributed by atoms with Gasteiger partial charge >= 0.3 is 215 Å². The van der Waals surface area contributed by atoms with E-state index >= 15 is 0 Å². The van der Waals surface area contributed by atoms with E-state index in [0.717, 1.165) is 18.6 Å². The van der Waals surface area contributed by atoms with Crippen molar-refractivity contribution in [2.45, 2.75) is 89.7 Å². The van der Waals surface area contributed by atoms with Crippen LogP contribution in [0.3, 0.4) is 0 Å². The molecular weight excluding hydrogens is 565 g/mol. The molecule has 0 nitrogen and oxygen atoms in total. The van der Waals surface area contributed by atoms with Crippen LogP contribution in [0.2, 0.25) is 0 Å². The summed E-state index contributed by atoms with van der Waals surface area (Å²) in [6, 6.07) is 18.8. The van der Waals surface area contributed by atoms with Crippen molar-refractivity contribution in [2.75, 3.05) is 0 Å². The number of hydrogen-bond acceptors (Lipinski definition) is 0. The first-order valence-corrected chi connectivity index (χ1v) is 17.7. The fourth-order valence-corrected chi connectivity index (χ4v) is 17.0. The summed E-state index contributed by atoms with van der Waals surface area (Å²) in [5, 5.41) is 1.97. The van der Waals surface area contributed by atoms with Gasteiger partial charge < -0.3 is 24.8 Å². The van der Waals surface area contributed by atoms with Crippen LogP contribution in [0.1, 0.15) is 101 Å². The monoisotopic (exact) mass is 600 g/mol. The molecule has 0 heterocycles. The smallest absolute Gasteiger partial charge is 1.00 e. The Balaban J connectivity index is 0.00000144. The van der Waals surface area contributed by atoms with Crippen LogP contribution in [0, 0.1) is 0 Å². The zero-order chi connectivity index (χ0) is 22.2. The molecule has 2 saturated carbocycles. The minimum atomic E-state index is -0.751. The topological polar surface area (TPSA) is 0 Å². The van der Waals surface area contributed by atoms with Crippen LogP contribution in [0.5, 0.6) is 0 Å². The first-order valence-electron chi connectivity index (χ1n) is 13.4. The SMILES string of the molecule is CC1=Cc2ccccc2[CH]1[Zr+2][CH]1C(P(C2CCCCC2)C2CCCCC2)=Cc2ccccc21.[Cl-].[Cl-]. The minimum absolute atomic E-state index is 0. The zero-order valence-corrected chi connectivity index (χ0v) is 25.7. The molecule has 0 N–H and O–H groups in total. The second-order valence-electron chi connectivity index (χ2n) is 10.7. The van der Waals surface area contributed by atoms with Gasteiger partial charge in [-0.3, -0.25) is 0 Å². The van der Waals surface area contributed by atoms with E-state index in [4.69, 9.17) is 0 Å². The van der Waals surface area contributed by atoms with Crippen molar-refractivity contribution in [1.82, 2.24) is 0 Å². The second kappa shape index (κ2) is 12.6. The third-order valence-corrected chi connectivity index (χ3v) is 17.9. The van der Waals surface area contributed by atoms with Crippen LogP contribution in [0.15, 0.2) is 59.4 Å². The number of rotatable bonds is 5. The average Bonchev–Trinajstić information content (AvgIpc) is 3.38. The van der Waals surface area contributed by atoms with Crippen molar-refractivity contribution in [3.05, 3.63) is 81.7 Å². The van der Waals surface area contributed by atoms with Gasteiger partial charge in [-0.1, -0.05) is 0 Å². The van der Waals surface area contributed by atoms with Crippen molar-refractivity contribution in [2.24, 2.45) is 0 Å². The van der Waals surface area contributed by atoms with Crippen LogP contribution in [0.4, 0.5) is 0 Å². The second-order valence-corrected chi connectivity index (χ2v) is 17.2. The molecule has 0 spiro atoms. The van der Waals surface area contributed by atoms with Gasteiger partial charge in [0.15, 0.2) is 0 Å². The van der Waals surface area contributed by atoms with Crippen molar-refractivity contribution in [3.8, 4) is 0 Å². The van der Waals surface area contributed by atoms with Gasteiger partial charge in [0, 0.05) is 0 Å². The average molecular weight is 603 g/mol. The molecule has 35 heavy (non-hydrogen) atoms. The third-order valence-electron chi connectivity index (χ3n) is 8.62. The normalized spacial score (nSPS) is 23.9. The Kier molecular flexibility index (Phi) is 10.00. The molecule has 0 saturated heterocycles. The maximum absolute atomic E-state index is 2.75. The van der Waals surface area contributed by atoms with Gasteiger partial charge in [-0.15, -0.1) is 0 Å². The van der Waals surface area contributed by atoms with E-state index in [1.807, 2.05) is 5.31 Å². The van der Waals surface area contributed by atoms with Crippen LogP contribution in [0.25, 0.3) is 12.2 Å². The van der Waals surface area contributed by atoms with E-state index in [1.165, 1.54) is 69.8 Å². The number of allylic oxidation sites excluding steroid dienone is 2. The molecule has 0 aliphatic heterocycles. The maximum Gasteiger partial charge on any atom is -1.00 e. The minimum Gasteiger partial charge on any atom is -1.00 e. The van der Waals surface area contributed by atoms with Crippen LogP contribution in [-0.4, -0.2) is 11.3 Å². The fraction of sp³-hybridized carbons (Fsp3) is 0.484. The van der Waals surface area contributed by atoms with E-state index in [9.17, 15) is 0 Å². The summed E-state index contributed by atoms with van der Waals surface area (Å²) in [5.74, 6) is 0. The molecule has 2 aromatic rings. The maximum atomic E-state index is 2.75. The molecule has 0 amide bonds. The molecule has 2 atom stereocenters. The Morgan fingerprint density at radius 2 is 1.11 bits per heavy atom. The molecule has 2 aromatic carbocycles. The quantitative estimate of drug-likeness (QED) is 0.460. The van der Waals surface area contributed by atoms with Gasteiger partial charge in [-0.05, 0) is 0 Å². The summed E-state index contributed by atoms with van der Waals surface area (Å²) < 4.78 is 1.54.